The summed E-state index contributed by atoms with van der Waals surface area (Å²) < 4.78 is 10.6. The average Bonchev–Trinajstić information content (AvgIpc) is 2.93. The van der Waals surface area contributed by atoms with E-state index in [0.717, 1.165) is 5.39 Å². The largest absolute Gasteiger partial charge is 0.463 e. The molecular formula is C18H24N2O4. The van der Waals surface area contributed by atoms with Crippen molar-refractivity contribution in [3.63, 3.8) is 0 Å². The van der Waals surface area contributed by atoms with Crippen LogP contribution in [-0.2, 0) is 4.74 Å². The molecule has 2 amide bonds. The Balaban J connectivity index is 1.81. The molecule has 0 unspecified atom stereocenters. The van der Waals surface area contributed by atoms with Gasteiger partial charge >= 0.3 is 6.09 Å². The summed E-state index contributed by atoms with van der Waals surface area (Å²) in [6, 6.07) is 7.44. The summed E-state index contributed by atoms with van der Waals surface area (Å²) in [5.41, 5.74) is 0.730. The molecule has 0 spiro atoms. The van der Waals surface area contributed by atoms with Crippen molar-refractivity contribution in [2.24, 2.45) is 0 Å². The highest BCUT2D eigenvalue weighted by molar-refractivity contribution is 6.05. The first-order chi connectivity index (χ1) is 11.3. The minimum Gasteiger partial charge on any atom is -0.463 e. The Hall–Kier alpha value is -2.50. The molecule has 1 aromatic carbocycles. The molecule has 6 nitrogen and oxygen atoms in total. The molecule has 1 heterocycles. The van der Waals surface area contributed by atoms with Crippen LogP contribution >= 0.6 is 0 Å². The summed E-state index contributed by atoms with van der Waals surface area (Å²) in [5, 5.41) is 3.49. The number of para-hydroxylation sites is 1. The summed E-state index contributed by atoms with van der Waals surface area (Å²) in [6.07, 6.45) is 1.68. The first kappa shape index (κ1) is 17.8. The fraction of sp³-hybridized carbons (Fsp3) is 0.444. The predicted octanol–water partition coefficient (Wildman–Crippen LogP) is 3.42. The van der Waals surface area contributed by atoms with Crippen molar-refractivity contribution in [1.82, 2.24) is 10.2 Å². The van der Waals surface area contributed by atoms with Crippen molar-refractivity contribution < 1.29 is 18.7 Å². The molecule has 130 valence electrons. The second-order valence-electron chi connectivity index (χ2n) is 6.65. The third kappa shape index (κ3) is 4.75. The van der Waals surface area contributed by atoms with Crippen LogP contribution in [0.3, 0.4) is 0 Å². The maximum Gasteiger partial charge on any atom is 0.407 e. The van der Waals surface area contributed by atoms with E-state index in [4.69, 9.17) is 9.15 Å². The molecular weight excluding hydrogens is 308 g/mol. The number of amides is 2. The van der Waals surface area contributed by atoms with E-state index in [0.29, 0.717) is 30.7 Å². The predicted molar refractivity (Wildman–Crippen MR) is 92.0 cm³/mol. The Morgan fingerprint density at radius 2 is 1.96 bits per heavy atom. The van der Waals surface area contributed by atoms with Gasteiger partial charge in [0.15, 0.2) is 0 Å². The summed E-state index contributed by atoms with van der Waals surface area (Å²) in [6.45, 7) is 6.41. The summed E-state index contributed by atoms with van der Waals surface area (Å²) in [7, 11) is 1.73. The van der Waals surface area contributed by atoms with Crippen LogP contribution in [0.25, 0.3) is 11.0 Å². The molecule has 0 fully saturated rings. The lowest BCUT2D eigenvalue weighted by molar-refractivity contribution is 0.0526. The van der Waals surface area contributed by atoms with Crippen molar-refractivity contribution in [3.8, 4) is 0 Å². The smallest absolute Gasteiger partial charge is 0.407 e. The van der Waals surface area contributed by atoms with E-state index in [1.54, 1.807) is 11.9 Å². The lowest BCUT2D eigenvalue weighted by Gasteiger charge is -2.20. The topological polar surface area (TPSA) is 71.8 Å². The number of rotatable bonds is 5. The van der Waals surface area contributed by atoms with E-state index in [1.165, 1.54) is 6.26 Å². The Morgan fingerprint density at radius 1 is 1.25 bits per heavy atom. The minimum atomic E-state index is -0.515. The zero-order valence-corrected chi connectivity index (χ0v) is 14.6. The molecule has 2 aromatic rings. The van der Waals surface area contributed by atoms with Gasteiger partial charge in [-0.15, -0.1) is 0 Å². The van der Waals surface area contributed by atoms with Crippen molar-refractivity contribution in [3.05, 3.63) is 36.1 Å². The molecule has 1 aromatic heterocycles. The molecule has 2 rings (SSSR count). The number of nitrogens with one attached hydrogen (secondary N) is 1. The van der Waals surface area contributed by atoms with Gasteiger partial charge in [-0.05, 0) is 33.3 Å². The van der Waals surface area contributed by atoms with Crippen LogP contribution in [0.5, 0.6) is 0 Å². The number of furan rings is 1. The second kappa shape index (κ2) is 7.38. The lowest BCUT2D eigenvalue weighted by Crippen LogP contribution is -2.35. The molecule has 0 radical (unpaired) electrons. The lowest BCUT2D eigenvalue weighted by atomic mass is 10.1. The number of alkyl carbamates (subject to hydrolysis) is 1. The maximum absolute atomic E-state index is 12.5. The van der Waals surface area contributed by atoms with Gasteiger partial charge in [-0.3, -0.25) is 4.79 Å². The van der Waals surface area contributed by atoms with Crippen molar-refractivity contribution in [2.75, 3.05) is 20.1 Å². The second-order valence-corrected chi connectivity index (χ2v) is 6.65. The molecule has 0 atom stereocenters. The van der Waals surface area contributed by atoms with Gasteiger partial charge in [0, 0.05) is 25.5 Å². The third-order valence-electron chi connectivity index (χ3n) is 3.40. The normalized spacial score (nSPS) is 11.3. The maximum atomic E-state index is 12.5. The van der Waals surface area contributed by atoms with Gasteiger partial charge in [-0.25, -0.2) is 4.79 Å². The van der Waals surface area contributed by atoms with Crippen LogP contribution in [0.2, 0.25) is 0 Å². The van der Waals surface area contributed by atoms with Gasteiger partial charge in [-0.2, -0.15) is 0 Å². The van der Waals surface area contributed by atoms with Crippen LogP contribution in [0, 0.1) is 0 Å². The molecule has 0 aliphatic heterocycles. The molecule has 0 saturated heterocycles. The molecule has 0 bridgehead atoms. The van der Waals surface area contributed by atoms with E-state index in [-0.39, 0.29) is 5.91 Å². The Morgan fingerprint density at radius 3 is 2.67 bits per heavy atom. The van der Waals surface area contributed by atoms with Crippen molar-refractivity contribution in [1.29, 1.82) is 0 Å². The van der Waals surface area contributed by atoms with Crippen LogP contribution in [0.15, 0.2) is 34.9 Å². The van der Waals surface area contributed by atoms with Gasteiger partial charge in [0.25, 0.3) is 5.91 Å². The van der Waals surface area contributed by atoms with Crippen molar-refractivity contribution >= 4 is 23.0 Å². The van der Waals surface area contributed by atoms with Gasteiger partial charge in [0.05, 0.1) is 5.56 Å². The van der Waals surface area contributed by atoms with Crippen LogP contribution in [0.1, 0.15) is 37.6 Å². The number of benzene rings is 1. The summed E-state index contributed by atoms with van der Waals surface area (Å²) in [5.74, 6) is -0.0998. The number of fused-ring (bicyclic) bond motifs is 1. The van der Waals surface area contributed by atoms with E-state index in [9.17, 15) is 9.59 Å². The van der Waals surface area contributed by atoms with Gasteiger partial charge in [0.1, 0.15) is 17.4 Å². The highest BCUT2D eigenvalue weighted by Gasteiger charge is 2.18. The van der Waals surface area contributed by atoms with Crippen LogP contribution in [-0.4, -0.2) is 42.6 Å². The van der Waals surface area contributed by atoms with Gasteiger partial charge in [0.2, 0.25) is 0 Å². The minimum absolute atomic E-state index is 0.0998. The van der Waals surface area contributed by atoms with Crippen LogP contribution in [0.4, 0.5) is 4.79 Å². The first-order valence-corrected chi connectivity index (χ1v) is 7.96. The Bertz CT molecular complexity index is 715. The number of nitrogens with zero attached hydrogens (tertiary/aromatic N) is 1. The Labute approximate surface area is 141 Å². The molecule has 24 heavy (non-hydrogen) atoms. The highest BCUT2D eigenvalue weighted by Crippen LogP contribution is 2.21. The van der Waals surface area contributed by atoms with E-state index in [2.05, 4.69) is 5.32 Å². The third-order valence-corrected chi connectivity index (χ3v) is 3.40. The van der Waals surface area contributed by atoms with Crippen molar-refractivity contribution in [2.45, 2.75) is 32.8 Å². The van der Waals surface area contributed by atoms with E-state index < -0.39 is 11.7 Å². The van der Waals surface area contributed by atoms with Gasteiger partial charge < -0.3 is 19.4 Å². The summed E-state index contributed by atoms with van der Waals surface area (Å²) >= 11 is 0. The number of carbonyl (C=O) groups excluding carboxylic acids is 2. The molecule has 6 heteroatoms. The molecule has 0 aliphatic carbocycles. The van der Waals surface area contributed by atoms with Crippen LogP contribution < -0.4 is 5.32 Å². The quantitative estimate of drug-likeness (QED) is 0.852. The zero-order valence-electron chi connectivity index (χ0n) is 14.6. The van der Waals surface area contributed by atoms with E-state index in [1.807, 2.05) is 45.0 Å². The number of hydrogen-bond acceptors (Lipinski definition) is 4. The number of carbonyl (C=O) groups is 2. The Kier molecular flexibility index (Phi) is 5.49. The molecule has 0 saturated carbocycles. The fourth-order valence-corrected chi connectivity index (χ4v) is 2.27. The highest BCUT2D eigenvalue weighted by atomic mass is 16.6. The molecule has 1 N–H and O–H groups in total. The van der Waals surface area contributed by atoms with E-state index >= 15 is 0 Å². The zero-order chi connectivity index (χ0) is 17.7. The monoisotopic (exact) mass is 332 g/mol. The SMILES string of the molecule is CN(CCCNC(=O)OC(C)(C)C)C(=O)c1coc2ccccc12. The standard InChI is InChI=1S/C18H24N2O4/c1-18(2,3)24-17(22)19-10-7-11-20(4)16(21)14-12-23-15-9-6-5-8-13(14)15/h5-6,8-9,12H,7,10-11H2,1-4H3,(H,19,22). The first-order valence-electron chi connectivity index (χ1n) is 7.96. The number of ether oxygens (including phenoxy) is 1. The average molecular weight is 332 g/mol. The molecule has 0 aliphatic rings. The fourth-order valence-electron chi connectivity index (χ4n) is 2.27. The van der Waals surface area contributed by atoms with Gasteiger partial charge in [-0.1, -0.05) is 18.2 Å². The summed E-state index contributed by atoms with van der Waals surface area (Å²) in [4.78, 5) is 25.7. The number of hydrogen-bond donors (Lipinski definition) is 1.